The highest BCUT2D eigenvalue weighted by Crippen LogP contribution is 2.09. The number of aryl methyl sites for hydroxylation is 1. The molecule has 1 amide bonds. The van der Waals surface area contributed by atoms with Crippen molar-refractivity contribution in [1.82, 2.24) is 9.78 Å². The lowest BCUT2D eigenvalue weighted by Gasteiger charge is -2.04. The van der Waals surface area contributed by atoms with E-state index >= 15 is 0 Å². The Morgan fingerprint density at radius 1 is 1.44 bits per heavy atom. The zero-order valence-electron chi connectivity index (χ0n) is 10.3. The molecular weight excluding hydrogens is 228 g/mol. The molecule has 5 heteroatoms. The molecule has 0 aliphatic rings. The van der Waals surface area contributed by atoms with Crippen molar-refractivity contribution in [2.24, 2.45) is 12.8 Å². The molecule has 0 saturated carbocycles. The standard InChI is InChI=1S/C13H16N4O/c1-17-8-6-12(16-17)15-13(18)11-4-2-3-10(9-11)5-7-14/h2-4,6,8-9H,5,7,14H2,1H3,(H,15,16,18). The van der Waals surface area contributed by atoms with E-state index in [1.165, 1.54) is 0 Å². The Hall–Kier alpha value is -2.14. The van der Waals surface area contributed by atoms with Gasteiger partial charge in [0.15, 0.2) is 5.82 Å². The van der Waals surface area contributed by atoms with Crippen molar-refractivity contribution in [2.45, 2.75) is 6.42 Å². The first kappa shape index (κ1) is 12.3. The monoisotopic (exact) mass is 244 g/mol. The first-order valence-electron chi connectivity index (χ1n) is 5.79. The van der Waals surface area contributed by atoms with Gasteiger partial charge in [-0.05, 0) is 30.7 Å². The minimum Gasteiger partial charge on any atom is -0.330 e. The summed E-state index contributed by atoms with van der Waals surface area (Å²) in [5.41, 5.74) is 7.18. The summed E-state index contributed by atoms with van der Waals surface area (Å²) in [5.74, 6) is 0.388. The molecule has 1 aromatic carbocycles. The zero-order valence-corrected chi connectivity index (χ0v) is 10.3. The summed E-state index contributed by atoms with van der Waals surface area (Å²) >= 11 is 0. The summed E-state index contributed by atoms with van der Waals surface area (Å²) in [5, 5.41) is 6.85. The van der Waals surface area contributed by atoms with E-state index in [9.17, 15) is 4.79 Å². The fourth-order valence-corrected chi connectivity index (χ4v) is 1.70. The number of hydrogen-bond acceptors (Lipinski definition) is 3. The van der Waals surface area contributed by atoms with Crippen molar-refractivity contribution in [3.05, 3.63) is 47.7 Å². The van der Waals surface area contributed by atoms with E-state index in [0.717, 1.165) is 12.0 Å². The normalized spacial score (nSPS) is 10.3. The third-order valence-electron chi connectivity index (χ3n) is 2.58. The van der Waals surface area contributed by atoms with Crippen LogP contribution in [0.1, 0.15) is 15.9 Å². The largest absolute Gasteiger partial charge is 0.330 e. The van der Waals surface area contributed by atoms with Gasteiger partial charge in [0.2, 0.25) is 0 Å². The van der Waals surface area contributed by atoms with E-state index in [1.54, 1.807) is 30.1 Å². The Kier molecular flexibility index (Phi) is 3.74. The Morgan fingerprint density at radius 2 is 2.28 bits per heavy atom. The number of anilines is 1. The van der Waals surface area contributed by atoms with E-state index in [-0.39, 0.29) is 5.91 Å². The van der Waals surface area contributed by atoms with E-state index in [4.69, 9.17) is 5.73 Å². The highest BCUT2D eigenvalue weighted by Gasteiger charge is 2.07. The number of amides is 1. The number of carbonyl (C=O) groups excluding carboxylic acids is 1. The topological polar surface area (TPSA) is 72.9 Å². The lowest BCUT2D eigenvalue weighted by molar-refractivity contribution is 0.102. The molecule has 0 unspecified atom stereocenters. The maximum absolute atomic E-state index is 12.0. The summed E-state index contributed by atoms with van der Waals surface area (Å²) < 4.78 is 1.64. The van der Waals surface area contributed by atoms with Crippen LogP contribution in [0.15, 0.2) is 36.5 Å². The summed E-state index contributed by atoms with van der Waals surface area (Å²) in [4.78, 5) is 12.0. The molecule has 5 nitrogen and oxygen atoms in total. The fourth-order valence-electron chi connectivity index (χ4n) is 1.70. The molecule has 3 N–H and O–H groups in total. The summed E-state index contributed by atoms with van der Waals surface area (Å²) in [6.45, 7) is 0.575. The zero-order chi connectivity index (χ0) is 13.0. The lowest BCUT2D eigenvalue weighted by atomic mass is 10.1. The van der Waals surface area contributed by atoms with Gasteiger partial charge < -0.3 is 11.1 Å². The number of benzene rings is 1. The smallest absolute Gasteiger partial charge is 0.256 e. The second-order valence-electron chi connectivity index (χ2n) is 4.07. The Bertz CT molecular complexity index is 547. The molecule has 0 atom stereocenters. The number of nitrogens with one attached hydrogen (secondary N) is 1. The molecule has 1 aromatic heterocycles. The summed E-state index contributed by atoms with van der Waals surface area (Å²) in [6.07, 6.45) is 2.55. The molecule has 94 valence electrons. The molecule has 0 aliphatic heterocycles. The first-order valence-corrected chi connectivity index (χ1v) is 5.79. The maximum atomic E-state index is 12.0. The molecule has 0 saturated heterocycles. The third kappa shape index (κ3) is 2.95. The maximum Gasteiger partial charge on any atom is 0.256 e. The van der Waals surface area contributed by atoms with Crippen LogP contribution in [0.2, 0.25) is 0 Å². The molecule has 0 spiro atoms. The highest BCUT2D eigenvalue weighted by molar-refractivity contribution is 6.03. The molecule has 0 radical (unpaired) electrons. The minimum atomic E-state index is -0.160. The average Bonchev–Trinajstić information content (AvgIpc) is 2.75. The van der Waals surface area contributed by atoms with Gasteiger partial charge in [-0.3, -0.25) is 9.48 Å². The molecule has 0 aliphatic carbocycles. The van der Waals surface area contributed by atoms with Gasteiger partial charge in [-0.15, -0.1) is 0 Å². The summed E-state index contributed by atoms with van der Waals surface area (Å²) in [6, 6.07) is 9.20. The molecule has 18 heavy (non-hydrogen) atoms. The van der Waals surface area contributed by atoms with Crippen LogP contribution in [0.25, 0.3) is 0 Å². The summed E-state index contributed by atoms with van der Waals surface area (Å²) in [7, 11) is 1.80. The predicted octanol–water partition coefficient (Wildman–Crippen LogP) is 1.17. The van der Waals surface area contributed by atoms with Crippen molar-refractivity contribution in [1.29, 1.82) is 0 Å². The van der Waals surface area contributed by atoms with Gasteiger partial charge in [0, 0.05) is 24.9 Å². The van der Waals surface area contributed by atoms with Crippen LogP contribution in [0.5, 0.6) is 0 Å². The fraction of sp³-hybridized carbons (Fsp3) is 0.231. The van der Waals surface area contributed by atoms with Gasteiger partial charge in [0.25, 0.3) is 5.91 Å². The van der Waals surface area contributed by atoms with Crippen LogP contribution in [-0.4, -0.2) is 22.2 Å². The Labute approximate surface area is 106 Å². The molecule has 0 bridgehead atoms. The minimum absolute atomic E-state index is 0.160. The number of hydrogen-bond donors (Lipinski definition) is 2. The lowest BCUT2D eigenvalue weighted by Crippen LogP contribution is -2.13. The van der Waals surface area contributed by atoms with Gasteiger partial charge in [0.1, 0.15) is 0 Å². The Balaban J connectivity index is 2.11. The molecule has 2 aromatic rings. The first-order chi connectivity index (χ1) is 8.69. The van der Waals surface area contributed by atoms with E-state index < -0.39 is 0 Å². The predicted molar refractivity (Wildman–Crippen MR) is 70.4 cm³/mol. The number of nitrogens with two attached hydrogens (primary N) is 1. The third-order valence-corrected chi connectivity index (χ3v) is 2.58. The number of rotatable bonds is 4. The van der Waals surface area contributed by atoms with Crippen LogP contribution >= 0.6 is 0 Å². The second kappa shape index (κ2) is 5.46. The van der Waals surface area contributed by atoms with Crippen LogP contribution in [0, 0.1) is 0 Å². The van der Waals surface area contributed by atoms with Crippen molar-refractivity contribution >= 4 is 11.7 Å². The molecule has 0 fully saturated rings. The van der Waals surface area contributed by atoms with E-state index in [1.807, 2.05) is 18.2 Å². The van der Waals surface area contributed by atoms with Crippen molar-refractivity contribution < 1.29 is 4.79 Å². The second-order valence-corrected chi connectivity index (χ2v) is 4.07. The number of carbonyl (C=O) groups is 1. The van der Waals surface area contributed by atoms with E-state index in [2.05, 4.69) is 10.4 Å². The number of nitrogens with zero attached hydrogens (tertiary/aromatic N) is 2. The van der Waals surface area contributed by atoms with Crippen LogP contribution in [-0.2, 0) is 13.5 Å². The quantitative estimate of drug-likeness (QED) is 0.848. The highest BCUT2D eigenvalue weighted by atomic mass is 16.1. The van der Waals surface area contributed by atoms with Crippen LogP contribution in [0.3, 0.4) is 0 Å². The Morgan fingerprint density at radius 3 is 2.94 bits per heavy atom. The number of aromatic nitrogens is 2. The molecule has 1 heterocycles. The molecule has 2 rings (SSSR count). The van der Waals surface area contributed by atoms with E-state index in [0.29, 0.717) is 17.9 Å². The van der Waals surface area contributed by atoms with Crippen molar-refractivity contribution in [3.63, 3.8) is 0 Å². The van der Waals surface area contributed by atoms with Gasteiger partial charge in [-0.1, -0.05) is 12.1 Å². The average molecular weight is 244 g/mol. The van der Waals surface area contributed by atoms with Gasteiger partial charge in [-0.25, -0.2) is 0 Å². The van der Waals surface area contributed by atoms with Crippen LogP contribution in [0.4, 0.5) is 5.82 Å². The van der Waals surface area contributed by atoms with Gasteiger partial charge in [-0.2, -0.15) is 5.10 Å². The van der Waals surface area contributed by atoms with Crippen LogP contribution < -0.4 is 11.1 Å². The van der Waals surface area contributed by atoms with Gasteiger partial charge in [0.05, 0.1) is 0 Å². The van der Waals surface area contributed by atoms with Crippen molar-refractivity contribution in [3.8, 4) is 0 Å². The van der Waals surface area contributed by atoms with Crippen molar-refractivity contribution in [2.75, 3.05) is 11.9 Å². The SMILES string of the molecule is Cn1ccc(NC(=O)c2cccc(CCN)c2)n1. The van der Waals surface area contributed by atoms with Gasteiger partial charge >= 0.3 is 0 Å². The molecular formula is C13H16N4O.